The van der Waals surface area contributed by atoms with Gasteiger partial charge in [-0.05, 0) is 32.3 Å². The van der Waals surface area contributed by atoms with Gasteiger partial charge in [-0.25, -0.2) is 0 Å². The Labute approximate surface area is 161 Å². The molecule has 0 saturated carbocycles. The standard InChI is InChI=1S/C18H20N4O3.CH2O2/c1-11-6-3-4-7-13(11)16-19-15(25-20-16)10-22-12(2)17(23)21-9-5-8-14(21)18(22)24;2-1-3/h3-4,6-7,12,14H,5,8-10H2,1-2H3;1H,(H,2,3)/t12-,14+;/m0./s1. The quantitative estimate of drug-likeness (QED) is 0.794. The van der Waals surface area contributed by atoms with E-state index in [2.05, 4.69) is 10.1 Å². The number of hydrogen-bond acceptors (Lipinski definition) is 6. The Morgan fingerprint density at radius 3 is 2.71 bits per heavy atom. The maximum atomic E-state index is 12.7. The van der Waals surface area contributed by atoms with E-state index in [-0.39, 0.29) is 30.9 Å². The van der Waals surface area contributed by atoms with Crippen molar-refractivity contribution in [1.82, 2.24) is 19.9 Å². The molecule has 2 aromatic rings. The molecule has 2 aliphatic rings. The Hall–Kier alpha value is -3.23. The fourth-order valence-corrected chi connectivity index (χ4v) is 3.66. The zero-order chi connectivity index (χ0) is 20.3. The third-order valence-corrected chi connectivity index (χ3v) is 5.09. The number of piperazine rings is 1. The maximum Gasteiger partial charge on any atom is 0.290 e. The van der Waals surface area contributed by atoms with Gasteiger partial charge in [0.15, 0.2) is 0 Å². The van der Waals surface area contributed by atoms with Crippen LogP contribution in [0.5, 0.6) is 0 Å². The number of rotatable bonds is 3. The lowest BCUT2D eigenvalue weighted by molar-refractivity contribution is -0.159. The molecule has 3 heterocycles. The molecular formula is C19H22N4O5. The average Bonchev–Trinajstić information content (AvgIpc) is 3.34. The van der Waals surface area contributed by atoms with E-state index in [4.69, 9.17) is 14.4 Å². The Kier molecular flexibility index (Phi) is 5.72. The highest BCUT2D eigenvalue weighted by Crippen LogP contribution is 2.28. The van der Waals surface area contributed by atoms with E-state index in [0.717, 1.165) is 24.0 Å². The highest BCUT2D eigenvalue weighted by atomic mass is 16.5. The van der Waals surface area contributed by atoms with Crippen molar-refractivity contribution in [3.8, 4) is 11.4 Å². The van der Waals surface area contributed by atoms with Crippen molar-refractivity contribution in [2.24, 2.45) is 0 Å². The summed E-state index contributed by atoms with van der Waals surface area (Å²) >= 11 is 0. The van der Waals surface area contributed by atoms with Crippen LogP contribution in [0, 0.1) is 6.92 Å². The van der Waals surface area contributed by atoms with Crippen molar-refractivity contribution in [2.75, 3.05) is 6.54 Å². The Balaban J connectivity index is 0.000000706. The minimum absolute atomic E-state index is 0.000688. The highest BCUT2D eigenvalue weighted by molar-refractivity contribution is 5.97. The summed E-state index contributed by atoms with van der Waals surface area (Å²) in [5, 5.41) is 10.9. The van der Waals surface area contributed by atoms with Gasteiger partial charge in [0.25, 0.3) is 6.47 Å². The molecule has 28 heavy (non-hydrogen) atoms. The molecule has 1 aromatic carbocycles. The van der Waals surface area contributed by atoms with Crippen LogP contribution in [0.4, 0.5) is 0 Å². The van der Waals surface area contributed by atoms with Crippen LogP contribution in [-0.4, -0.2) is 62.0 Å². The molecule has 148 valence electrons. The van der Waals surface area contributed by atoms with Crippen LogP contribution in [-0.2, 0) is 20.9 Å². The van der Waals surface area contributed by atoms with Crippen LogP contribution >= 0.6 is 0 Å². The minimum atomic E-state index is -0.504. The lowest BCUT2D eigenvalue weighted by Gasteiger charge is -2.40. The van der Waals surface area contributed by atoms with Crippen molar-refractivity contribution < 1.29 is 24.0 Å². The SMILES string of the molecule is Cc1ccccc1-c1noc(CN2C(=O)[C@H]3CCCN3C(=O)[C@@H]2C)n1.O=CO. The monoisotopic (exact) mass is 386 g/mol. The zero-order valence-corrected chi connectivity index (χ0v) is 15.7. The number of carbonyl (C=O) groups is 3. The molecule has 0 aliphatic carbocycles. The molecule has 2 fully saturated rings. The number of fused-ring (bicyclic) bond motifs is 1. The van der Waals surface area contributed by atoms with Gasteiger partial charge >= 0.3 is 0 Å². The molecule has 0 spiro atoms. The molecular weight excluding hydrogens is 364 g/mol. The van der Waals surface area contributed by atoms with E-state index in [1.54, 1.807) is 16.7 Å². The minimum Gasteiger partial charge on any atom is -0.483 e. The van der Waals surface area contributed by atoms with Gasteiger partial charge in [0.1, 0.15) is 18.6 Å². The van der Waals surface area contributed by atoms with E-state index in [0.29, 0.717) is 18.3 Å². The number of hydrogen-bond donors (Lipinski definition) is 1. The van der Waals surface area contributed by atoms with Crippen LogP contribution < -0.4 is 0 Å². The molecule has 0 unspecified atom stereocenters. The van der Waals surface area contributed by atoms with E-state index >= 15 is 0 Å². The fourth-order valence-electron chi connectivity index (χ4n) is 3.66. The summed E-state index contributed by atoms with van der Waals surface area (Å²) in [7, 11) is 0. The van der Waals surface area contributed by atoms with Gasteiger partial charge in [-0.3, -0.25) is 14.4 Å². The van der Waals surface area contributed by atoms with Crippen LogP contribution in [0.3, 0.4) is 0 Å². The summed E-state index contributed by atoms with van der Waals surface area (Å²) in [4.78, 5) is 41.3. The van der Waals surface area contributed by atoms with E-state index in [1.165, 1.54) is 0 Å². The first kappa shape index (κ1) is 19.5. The normalized spacial score (nSPS) is 21.2. The van der Waals surface area contributed by atoms with Gasteiger partial charge in [0, 0.05) is 12.1 Å². The summed E-state index contributed by atoms with van der Waals surface area (Å²) in [6.45, 7) is 4.32. The molecule has 9 nitrogen and oxygen atoms in total. The van der Waals surface area contributed by atoms with Crippen molar-refractivity contribution in [2.45, 2.75) is 45.3 Å². The summed E-state index contributed by atoms with van der Waals surface area (Å²) in [6.07, 6.45) is 1.60. The Morgan fingerprint density at radius 1 is 1.29 bits per heavy atom. The van der Waals surface area contributed by atoms with Crippen LogP contribution in [0.2, 0.25) is 0 Å². The van der Waals surface area contributed by atoms with E-state index < -0.39 is 6.04 Å². The smallest absolute Gasteiger partial charge is 0.290 e. The van der Waals surface area contributed by atoms with Crippen molar-refractivity contribution in [3.63, 3.8) is 0 Å². The largest absolute Gasteiger partial charge is 0.483 e. The summed E-state index contributed by atoms with van der Waals surface area (Å²) in [5.41, 5.74) is 1.95. The summed E-state index contributed by atoms with van der Waals surface area (Å²) in [5.74, 6) is 0.817. The van der Waals surface area contributed by atoms with E-state index in [9.17, 15) is 9.59 Å². The molecule has 0 radical (unpaired) electrons. The molecule has 4 rings (SSSR count). The predicted octanol–water partition coefficient (Wildman–Crippen LogP) is 1.47. The first-order chi connectivity index (χ1) is 13.5. The first-order valence-corrected chi connectivity index (χ1v) is 9.05. The molecule has 2 saturated heterocycles. The summed E-state index contributed by atoms with van der Waals surface area (Å²) in [6, 6.07) is 6.95. The van der Waals surface area contributed by atoms with Gasteiger partial charge in [0.05, 0.1) is 0 Å². The van der Waals surface area contributed by atoms with Crippen molar-refractivity contribution in [1.29, 1.82) is 0 Å². The molecule has 2 atom stereocenters. The Morgan fingerprint density at radius 2 is 2.00 bits per heavy atom. The van der Waals surface area contributed by atoms with Crippen LogP contribution in [0.15, 0.2) is 28.8 Å². The second-order valence-corrected chi connectivity index (χ2v) is 6.76. The molecule has 9 heteroatoms. The third-order valence-electron chi connectivity index (χ3n) is 5.09. The lowest BCUT2D eigenvalue weighted by Crippen LogP contribution is -2.61. The lowest BCUT2D eigenvalue weighted by atomic mass is 10.1. The first-order valence-electron chi connectivity index (χ1n) is 9.05. The van der Waals surface area contributed by atoms with Gasteiger partial charge < -0.3 is 19.4 Å². The molecule has 2 aliphatic heterocycles. The van der Waals surface area contributed by atoms with Crippen molar-refractivity contribution >= 4 is 18.3 Å². The number of aryl methyl sites for hydroxylation is 1. The van der Waals surface area contributed by atoms with Crippen LogP contribution in [0.25, 0.3) is 11.4 Å². The second kappa shape index (κ2) is 8.20. The number of aromatic nitrogens is 2. The van der Waals surface area contributed by atoms with E-state index in [1.807, 2.05) is 31.2 Å². The maximum absolute atomic E-state index is 12.7. The average molecular weight is 386 g/mol. The number of benzene rings is 1. The fraction of sp³-hybridized carbons (Fsp3) is 0.421. The predicted molar refractivity (Wildman–Crippen MR) is 97.9 cm³/mol. The number of carbonyl (C=O) groups excluding carboxylic acids is 2. The topological polar surface area (TPSA) is 117 Å². The number of amides is 2. The van der Waals surface area contributed by atoms with Gasteiger partial charge in [-0.1, -0.05) is 29.4 Å². The molecule has 2 amide bonds. The third kappa shape index (κ3) is 3.60. The second-order valence-electron chi connectivity index (χ2n) is 6.76. The number of nitrogens with zero attached hydrogens (tertiary/aromatic N) is 4. The van der Waals surface area contributed by atoms with Gasteiger partial charge in [0.2, 0.25) is 23.5 Å². The van der Waals surface area contributed by atoms with Crippen molar-refractivity contribution in [3.05, 3.63) is 35.7 Å². The number of carboxylic acid groups (broad SMARTS) is 1. The molecule has 1 aromatic heterocycles. The van der Waals surface area contributed by atoms with Gasteiger partial charge in [-0.2, -0.15) is 4.98 Å². The van der Waals surface area contributed by atoms with Gasteiger partial charge in [-0.15, -0.1) is 0 Å². The summed E-state index contributed by atoms with van der Waals surface area (Å²) < 4.78 is 5.34. The zero-order valence-electron chi connectivity index (χ0n) is 15.7. The Bertz CT molecular complexity index is 881. The molecule has 1 N–H and O–H groups in total. The molecule has 0 bridgehead atoms. The van der Waals surface area contributed by atoms with Crippen LogP contribution in [0.1, 0.15) is 31.2 Å². The highest BCUT2D eigenvalue weighted by Gasteiger charge is 2.46.